The van der Waals surface area contributed by atoms with Crippen LogP contribution in [0.5, 0.6) is 0 Å². The molecule has 5 heteroatoms. The van der Waals surface area contributed by atoms with Crippen LogP contribution in [0.2, 0.25) is 0 Å². The van der Waals surface area contributed by atoms with Crippen molar-refractivity contribution in [2.24, 2.45) is 11.8 Å². The van der Waals surface area contributed by atoms with Crippen LogP contribution in [-0.2, 0) is 9.59 Å². The number of carboxylic acid groups (broad SMARTS) is 1. The molecule has 0 spiro atoms. The van der Waals surface area contributed by atoms with Crippen molar-refractivity contribution in [2.45, 2.75) is 32.3 Å². The Bertz CT molecular complexity index is 356. The molecule has 1 rings (SSSR count). The average Bonchev–Trinajstić information content (AvgIpc) is 2.25. The van der Waals surface area contributed by atoms with E-state index in [4.69, 9.17) is 5.11 Å². The second-order valence-electron chi connectivity index (χ2n) is 5.50. The van der Waals surface area contributed by atoms with Crippen molar-refractivity contribution in [2.75, 3.05) is 13.6 Å². The molecular formula is C13H21NO4. The van der Waals surface area contributed by atoms with E-state index in [9.17, 15) is 14.7 Å². The molecule has 0 unspecified atom stereocenters. The maximum atomic E-state index is 12.2. The summed E-state index contributed by atoms with van der Waals surface area (Å²) < 4.78 is 0. The highest BCUT2D eigenvalue weighted by atomic mass is 16.4. The van der Waals surface area contributed by atoms with Gasteiger partial charge in [0.05, 0.1) is 17.4 Å². The molecule has 0 bridgehead atoms. The maximum absolute atomic E-state index is 12.2. The molecule has 1 aliphatic rings. The molecule has 0 saturated carbocycles. The molecule has 0 radical (unpaired) electrons. The third-order valence-electron chi connectivity index (χ3n) is 3.07. The molecule has 0 aliphatic heterocycles. The van der Waals surface area contributed by atoms with E-state index in [0.717, 1.165) is 0 Å². The number of carboxylic acids is 1. The lowest BCUT2D eigenvalue weighted by Gasteiger charge is -2.31. The largest absolute Gasteiger partial charge is 0.481 e. The quantitative estimate of drug-likeness (QED) is 0.731. The van der Waals surface area contributed by atoms with Gasteiger partial charge in [-0.05, 0) is 26.7 Å². The first kappa shape index (κ1) is 14.7. The van der Waals surface area contributed by atoms with Crippen LogP contribution in [0.4, 0.5) is 0 Å². The molecule has 0 heterocycles. The lowest BCUT2D eigenvalue weighted by atomic mass is 9.82. The second-order valence-corrected chi connectivity index (χ2v) is 5.50. The van der Waals surface area contributed by atoms with Gasteiger partial charge < -0.3 is 15.1 Å². The minimum absolute atomic E-state index is 0.193. The van der Waals surface area contributed by atoms with Crippen molar-refractivity contribution in [1.29, 1.82) is 0 Å². The van der Waals surface area contributed by atoms with E-state index < -0.39 is 23.4 Å². The highest BCUT2D eigenvalue weighted by Gasteiger charge is 2.36. The standard InChI is InChI=1S/C13H21NO4/c1-13(2,18)8-14(3)11(15)9-6-4-5-7-10(9)12(16)17/h4-5,9-10,18H,6-8H2,1-3H3,(H,16,17)/t9-,10+/m1/s1. The van der Waals surface area contributed by atoms with Crippen LogP contribution in [0.1, 0.15) is 26.7 Å². The molecule has 1 amide bonds. The topological polar surface area (TPSA) is 77.8 Å². The SMILES string of the molecule is CN(CC(C)(C)O)C(=O)[C@@H]1CC=CC[C@@H]1C(=O)O. The molecule has 2 atom stereocenters. The summed E-state index contributed by atoms with van der Waals surface area (Å²) in [6, 6.07) is 0. The van der Waals surface area contributed by atoms with Crippen molar-refractivity contribution >= 4 is 11.9 Å². The number of hydrogen-bond donors (Lipinski definition) is 2. The van der Waals surface area contributed by atoms with E-state index in [1.165, 1.54) is 4.90 Å². The predicted octanol–water partition coefficient (Wildman–Crippen LogP) is 0.883. The summed E-state index contributed by atoms with van der Waals surface area (Å²) in [7, 11) is 1.59. The Labute approximate surface area is 107 Å². The minimum atomic E-state index is -0.979. The smallest absolute Gasteiger partial charge is 0.307 e. The summed E-state index contributed by atoms with van der Waals surface area (Å²) in [5, 5.41) is 18.8. The van der Waals surface area contributed by atoms with Crippen LogP contribution >= 0.6 is 0 Å². The summed E-state index contributed by atoms with van der Waals surface area (Å²) >= 11 is 0. The van der Waals surface area contributed by atoms with Gasteiger partial charge in [-0.1, -0.05) is 12.2 Å². The molecule has 0 aromatic rings. The van der Waals surface area contributed by atoms with Crippen LogP contribution in [0.15, 0.2) is 12.2 Å². The molecule has 1 aliphatic carbocycles. The van der Waals surface area contributed by atoms with Crippen molar-refractivity contribution in [3.63, 3.8) is 0 Å². The van der Waals surface area contributed by atoms with Crippen LogP contribution < -0.4 is 0 Å². The second kappa shape index (κ2) is 5.52. The Morgan fingerprint density at radius 2 is 1.78 bits per heavy atom. The zero-order valence-corrected chi connectivity index (χ0v) is 11.1. The number of rotatable bonds is 4. The Balaban J connectivity index is 2.75. The van der Waals surface area contributed by atoms with Gasteiger partial charge in [0.1, 0.15) is 0 Å². The molecule has 2 N–H and O–H groups in total. The zero-order chi connectivity index (χ0) is 13.9. The van der Waals surface area contributed by atoms with E-state index in [-0.39, 0.29) is 12.5 Å². The molecule has 0 saturated heterocycles. The first-order valence-electron chi connectivity index (χ1n) is 6.07. The summed E-state index contributed by atoms with van der Waals surface area (Å²) in [5.41, 5.74) is -0.979. The van der Waals surface area contributed by atoms with Gasteiger partial charge >= 0.3 is 5.97 Å². The van der Waals surface area contributed by atoms with Gasteiger partial charge in [0.25, 0.3) is 0 Å². The highest BCUT2D eigenvalue weighted by molar-refractivity contribution is 5.85. The van der Waals surface area contributed by atoms with E-state index in [1.54, 1.807) is 27.0 Å². The number of carbonyl (C=O) groups excluding carboxylic acids is 1. The molecule has 5 nitrogen and oxygen atoms in total. The van der Waals surface area contributed by atoms with Crippen LogP contribution in [0, 0.1) is 11.8 Å². The first-order valence-corrected chi connectivity index (χ1v) is 6.07. The van der Waals surface area contributed by atoms with Crippen LogP contribution in [0.3, 0.4) is 0 Å². The minimum Gasteiger partial charge on any atom is -0.481 e. The maximum Gasteiger partial charge on any atom is 0.307 e. The number of hydrogen-bond acceptors (Lipinski definition) is 3. The Hall–Kier alpha value is -1.36. The fraction of sp³-hybridized carbons (Fsp3) is 0.692. The third kappa shape index (κ3) is 3.84. The first-order chi connectivity index (χ1) is 8.22. The summed E-state index contributed by atoms with van der Waals surface area (Å²) in [6.07, 6.45) is 4.49. The monoisotopic (exact) mass is 255 g/mol. The Morgan fingerprint density at radius 3 is 2.22 bits per heavy atom. The van der Waals surface area contributed by atoms with Crippen molar-refractivity contribution in [1.82, 2.24) is 4.90 Å². The van der Waals surface area contributed by atoms with Gasteiger partial charge in [0.15, 0.2) is 0 Å². The molecule has 102 valence electrons. The number of allylic oxidation sites excluding steroid dienone is 2. The van der Waals surface area contributed by atoms with Gasteiger partial charge in [-0.25, -0.2) is 0 Å². The van der Waals surface area contributed by atoms with E-state index in [1.807, 2.05) is 6.08 Å². The summed E-state index contributed by atoms with van der Waals surface area (Å²) in [4.78, 5) is 24.7. The van der Waals surface area contributed by atoms with Crippen molar-refractivity contribution in [3.8, 4) is 0 Å². The number of aliphatic hydroxyl groups is 1. The summed E-state index contributed by atoms with van der Waals surface area (Å²) in [6.45, 7) is 3.43. The molecular weight excluding hydrogens is 234 g/mol. The molecule has 0 aromatic heterocycles. The summed E-state index contributed by atoms with van der Waals surface area (Å²) in [5.74, 6) is -2.34. The number of likely N-dealkylation sites (N-methyl/N-ethyl adjacent to an activating group) is 1. The average molecular weight is 255 g/mol. The fourth-order valence-corrected chi connectivity index (χ4v) is 2.30. The number of aliphatic carboxylic acids is 1. The third-order valence-corrected chi connectivity index (χ3v) is 3.07. The number of nitrogens with zero attached hydrogens (tertiary/aromatic N) is 1. The van der Waals surface area contributed by atoms with Gasteiger partial charge in [0, 0.05) is 13.6 Å². The number of carbonyl (C=O) groups is 2. The van der Waals surface area contributed by atoms with Crippen LogP contribution in [0.25, 0.3) is 0 Å². The predicted molar refractivity (Wildman–Crippen MR) is 66.9 cm³/mol. The zero-order valence-electron chi connectivity index (χ0n) is 11.1. The number of amides is 1. The van der Waals surface area contributed by atoms with E-state index in [0.29, 0.717) is 12.8 Å². The highest BCUT2D eigenvalue weighted by Crippen LogP contribution is 2.27. The molecule has 18 heavy (non-hydrogen) atoms. The molecule has 0 aromatic carbocycles. The lowest BCUT2D eigenvalue weighted by Crippen LogP contribution is -2.45. The molecule has 0 fully saturated rings. The lowest BCUT2D eigenvalue weighted by molar-refractivity contribution is -0.151. The van der Waals surface area contributed by atoms with E-state index >= 15 is 0 Å². The van der Waals surface area contributed by atoms with Crippen LogP contribution in [-0.4, -0.2) is 46.2 Å². The normalized spacial score (nSPS) is 23.8. The van der Waals surface area contributed by atoms with Gasteiger partial charge in [-0.2, -0.15) is 0 Å². The van der Waals surface area contributed by atoms with Gasteiger partial charge in [-0.3, -0.25) is 9.59 Å². The Morgan fingerprint density at radius 1 is 1.28 bits per heavy atom. The fourth-order valence-electron chi connectivity index (χ4n) is 2.30. The van der Waals surface area contributed by atoms with Crippen molar-refractivity contribution < 1.29 is 19.8 Å². The van der Waals surface area contributed by atoms with Gasteiger partial charge in [0.2, 0.25) is 5.91 Å². The Kier molecular flexibility index (Phi) is 4.51. The van der Waals surface area contributed by atoms with Crippen molar-refractivity contribution in [3.05, 3.63) is 12.2 Å². The van der Waals surface area contributed by atoms with E-state index in [2.05, 4.69) is 0 Å². The van der Waals surface area contributed by atoms with Gasteiger partial charge in [-0.15, -0.1) is 0 Å².